The van der Waals surface area contributed by atoms with Crippen molar-refractivity contribution >= 4 is 17.5 Å². The first-order chi connectivity index (χ1) is 9.13. The molecule has 0 radical (unpaired) electrons. The molecule has 0 aromatic carbocycles. The van der Waals surface area contributed by atoms with Crippen LogP contribution in [0.3, 0.4) is 0 Å². The van der Waals surface area contributed by atoms with Gasteiger partial charge < -0.3 is 9.88 Å². The summed E-state index contributed by atoms with van der Waals surface area (Å²) in [4.78, 5) is 15.9. The molecule has 2 aliphatic rings. The zero-order chi connectivity index (χ0) is 13.4. The van der Waals surface area contributed by atoms with E-state index in [2.05, 4.69) is 17.2 Å². The van der Waals surface area contributed by atoms with E-state index in [-0.39, 0.29) is 18.5 Å². The number of carbonyl (C=O) groups excluding carboxylic acids is 1. The van der Waals surface area contributed by atoms with Crippen molar-refractivity contribution in [1.82, 2.24) is 14.9 Å². The van der Waals surface area contributed by atoms with E-state index in [4.69, 9.17) is 11.6 Å². The van der Waals surface area contributed by atoms with Crippen LogP contribution in [-0.2, 0) is 11.3 Å². The highest BCUT2D eigenvalue weighted by Crippen LogP contribution is 2.49. The summed E-state index contributed by atoms with van der Waals surface area (Å²) in [5.74, 6) is 2.44. The van der Waals surface area contributed by atoms with E-state index in [1.54, 1.807) is 17.0 Å². The Labute approximate surface area is 118 Å². The van der Waals surface area contributed by atoms with E-state index in [1.165, 1.54) is 25.7 Å². The maximum absolute atomic E-state index is 12.0. The van der Waals surface area contributed by atoms with E-state index in [1.807, 2.05) is 0 Å². The predicted octanol–water partition coefficient (Wildman–Crippen LogP) is 2.48. The largest absolute Gasteiger partial charge is 0.352 e. The molecule has 1 aromatic heterocycles. The first kappa shape index (κ1) is 13.0. The van der Waals surface area contributed by atoms with E-state index in [9.17, 15) is 4.79 Å². The Balaban J connectivity index is 1.53. The third-order valence-corrected chi connectivity index (χ3v) is 5.12. The lowest BCUT2D eigenvalue weighted by Gasteiger charge is -2.28. The molecular weight excluding hydrogens is 262 g/mol. The minimum atomic E-state index is 0.0233. The van der Waals surface area contributed by atoms with Crippen molar-refractivity contribution in [2.75, 3.05) is 0 Å². The Bertz CT molecular complexity index is 473. The standard InChI is InChI=1S/C14H20ClN3O/c1-9(12-7-10-2-3-11(12)6-10)17-13(19)8-18-5-4-16-14(18)15/h4-5,9-12H,2-3,6-8H2,1H3,(H,17,19). The number of amides is 1. The van der Waals surface area contributed by atoms with Crippen LogP contribution in [0.5, 0.6) is 0 Å². The van der Waals surface area contributed by atoms with Crippen molar-refractivity contribution in [1.29, 1.82) is 0 Å². The van der Waals surface area contributed by atoms with Crippen LogP contribution < -0.4 is 5.32 Å². The molecule has 4 atom stereocenters. The van der Waals surface area contributed by atoms with Gasteiger partial charge >= 0.3 is 0 Å². The third kappa shape index (κ3) is 2.64. The Morgan fingerprint density at radius 2 is 2.42 bits per heavy atom. The van der Waals surface area contributed by atoms with Gasteiger partial charge in [-0.25, -0.2) is 4.98 Å². The second kappa shape index (κ2) is 5.16. The van der Waals surface area contributed by atoms with Crippen molar-refractivity contribution in [3.05, 3.63) is 17.7 Å². The van der Waals surface area contributed by atoms with Crippen LogP contribution in [0.25, 0.3) is 0 Å². The van der Waals surface area contributed by atoms with Crippen LogP contribution in [0.4, 0.5) is 0 Å². The van der Waals surface area contributed by atoms with Gasteiger partial charge in [0.15, 0.2) is 0 Å². The summed E-state index contributed by atoms with van der Waals surface area (Å²) in [5.41, 5.74) is 0. The topological polar surface area (TPSA) is 46.9 Å². The third-order valence-electron chi connectivity index (χ3n) is 4.80. The quantitative estimate of drug-likeness (QED) is 0.922. The molecule has 3 rings (SSSR count). The molecule has 2 saturated carbocycles. The lowest BCUT2D eigenvalue weighted by atomic mass is 9.84. The molecule has 1 N–H and O–H groups in total. The highest BCUT2D eigenvalue weighted by molar-refractivity contribution is 6.28. The molecule has 19 heavy (non-hydrogen) atoms. The summed E-state index contributed by atoms with van der Waals surface area (Å²) < 4.78 is 1.66. The zero-order valence-electron chi connectivity index (χ0n) is 11.2. The number of hydrogen-bond donors (Lipinski definition) is 1. The predicted molar refractivity (Wildman–Crippen MR) is 73.8 cm³/mol. The van der Waals surface area contributed by atoms with Crippen molar-refractivity contribution in [2.24, 2.45) is 17.8 Å². The van der Waals surface area contributed by atoms with Crippen molar-refractivity contribution in [2.45, 2.75) is 45.2 Å². The second-order valence-electron chi connectivity index (χ2n) is 6.02. The van der Waals surface area contributed by atoms with Gasteiger partial charge in [-0.15, -0.1) is 0 Å². The molecule has 1 heterocycles. The van der Waals surface area contributed by atoms with Gasteiger partial charge in [0.05, 0.1) is 0 Å². The van der Waals surface area contributed by atoms with Crippen LogP contribution in [-0.4, -0.2) is 21.5 Å². The highest BCUT2D eigenvalue weighted by Gasteiger charge is 2.42. The Kier molecular flexibility index (Phi) is 3.52. The molecule has 0 aliphatic heterocycles. The van der Waals surface area contributed by atoms with Crippen LogP contribution in [0.2, 0.25) is 5.28 Å². The average molecular weight is 282 g/mol. The molecular formula is C14H20ClN3O. The number of imidazole rings is 1. The summed E-state index contributed by atoms with van der Waals surface area (Å²) in [5, 5.41) is 3.49. The van der Waals surface area contributed by atoms with Crippen molar-refractivity contribution in [3.8, 4) is 0 Å². The van der Waals surface area contributed by atoms with Crippen LogP contribution in [0, 0.1) is 17.8 Å². The van der Waals surface area contributed by atoms with Crippen LogP contribution in [0.15, 0.2) is 12.4 Å². The molecule has 5 heteroatoms. The summed E-state index contributed by atoms with van der Waals surface area (Å²) in [6, 6.07) is 0.269. The SMILES string of the molecule is CC(NC(=O)Cn1ccnc1Cl)C1CC2CCC1C2. The molecule has 4 nitrogen and oxygen atoms in total. The van der Waals surface area contributed by atoms with E-state index < -0.39 is 0 Å². The Morgan fingerprint density at radius 3 is 3.00 bits per heavy atom. The number of aromatic nitrogens is 2. The van der Waals surface area contributed by atoms with Gasteiger partial charge in [0, 0.05) is 18.4 Å². The molecule has 1 aromatic rings. The second-order valence-corrected chi connectivity index (χ2v) is 6.36. The molecule has 4 unspecified atom stereocenters. The maximum Gasteiger partial charge on any atom is 0.240 e. The molecule has 2 fully saturated rings. The summed E-state index contributed by atoms with van der Waals surface area (Å²) in [6.07, 6.45) is 8.74. The molecule has 2 aliphatic carbocycles. The van der Waals surface area contributed by atoms with Gasteiger partial charge in [0.1, 0.15) is 6.54 Å². The monoisotopic (exact) mass is 281 g/mol. The molecule has 0 spiro atoms. The lowest BCUT2D eigenvalue weighted by Crippen LogP contribution is -2.41. The fraction of sp³-hybridized carbons (Fsp3) is 0.714. The molecule has 104 valence electrons. The molecule has 0 saturated heterocycles. The number of halogens is 1. The first-order valence-corrected chi connectivity index (χ1v) is 7.47. The molecule has 2 bridgehead atoms. The first-order valence-electron chi connectivity index (χ1n) is 7.09. The maximum atomic E-state index is 12.0. The van der Waals surface area contributed by atoms with Crippen molar-refractivity contribution in [3.63, 3.8) is 0 Å². The van der Waals surface area contributed by atoms with Gasteiger partial charge in [-0.05, 0) is 55.5 Å². The summed E-state index contributed by atoms with van der Waals surface area (Å²) in [7, 11) is 0. The number of fused-ring (bicyclic) bond motifs is 2. The van der Waals surface area contributed by atoms with Crippen molar-refractivity contribution < 1.29 is 4.79 Å². The van der Waals surface area contributed by atoms with E-state index in [0.717, 1.165) is 11.8 Å². The van der Waals surface area contributed by atoms with Crippen LogP contribution >= 0.6 is 11.6 Å². The average Bonchev–Trinajstić information content (AvgIpc) is 3.06. The van der Waals surface area contributed by atoms with E-state index in [0.29, 0.717) is 11.2 Å². The lowest BCUT2D eigenvalue weighted by molar-refractivity contribution is -0.122. The fourth-order valence-electron chi connectivity index (χ4n) is 3.90. The van der Waals surface area contributed by atoms with Gasteiger partial charge in [-0.3, -0.25) is 4.79 Å². The highest BCUT2D eigenvalue weighted by atomic mass is 35.5. The zero-order valence-corrected chi connectivity index (χ0v) is 11.9. The smallest absolute Gasteiger partial charge is 0.240 e. The van der Waals surface area contributed by atoms with Crippen LogP contribution in [0.1, 0.15) is 32.6 Å². The Hall–Kier alpha value is -1.03. The van der Waals surface area contributed by atoms with E-state index >= 15 is 0 Å². The summed E-state index contributed by atoms with van der Waals surface area (Å²) in [6.45, 7) is 2.39. The summed E-state index contributed by atoms with van der Waals surface area (Å²) >= 11 is 5.87. The number of hydrogen-bond acceptors (Lipinski definition) is 2. The van der Waals surface area contributed by atoms with Gasteiger partial charge in [0.2, 0.25) is 11.2 Å². The minimum Gasteiger partial charge on any atom is -0.352 e. The van der Waals surface area contributed by atoms with Gasteiger partial charge in [-0.2, -0.15) is 0 Å². The fourth-order valence-corrected chi connectivity index (χ4v) is 4.07. The number of rotatable bonds is 4. The minimum absolute atomic E-state index is 0.0233. The normalized spacial score (nSPS) is 30.5. The number of carbonyl (C=O) groups is 1. The van der Waals surface area contributed by atoms with Gasteiger partial charge in [-0.1, -0.05) is 6.42 Å². The number of nitrogens with zero attached hydrogens (tertiary/aromatic N) is 2. The van der Waals surface area contributed by atoms with Gasteiger partial charge in [0.25, 0.3) is 0 Å². The Morgan fingerprint density at radius 1 is 1.58 bits per heavy atom. The number of nitrogens with one attached hydrogen (secondary N) is 1. The molecule has 1 amide bonds.